The number of carboxylic acid groups (broad SMARTS) is 1. The Bertz CT molecular complexity index is 990. The Labute approximate surface area is 262 Å². The number of amides is 1. The molecule has 0 fully saturated rings. The van der Waals surface area contributed by atoms with Crippen LogP contribution in [0.4, 0.5) is 0 Å². The van der Waals surface area contributed by atoms with Gasteiger partial charge in [0.2, 0.25) is 5.91 Å². The second-order valence-corrected chi connectivity index (χ2v) is 11.4. The molecule has 0 heterocycles. The molecule has 250 valence electrons. The van der Waals surface area contributed by atoms with E-state index in [2.05, 4.69) is 86.8 Å². The molecular weight excluding hydrogens is 589 g/mol. The van der Waals surface area contributed by atoms with Gasteiger partial charge in [-0.3, -0.25) is 18.6 Å². The fourth-order valence-corrected chi connectivity index (χ4v) is 4.31. The predicted octanol–water partition coefficient (Wildman–Crippen LogP) is 6.10. The summed E-state index contributed by atoms with van der Waals surface area (Å²) >= 11 is 0. The number of esters is 1. The minimum absolute atomic E-state index is 0.119. The number of nitrogens with one attached hydrogen (secondary N) is 1. The minimum Gasteiger partial charge on any atom is -0.480 e. The van der Waals surface area contributed by atoms with Crippen molar-refractivity contribution in [3.05, 3.63) is 60.8 Å². The molecule has 0 saturated heterocycles. The first-order chi connectivity index (χ1) is 21.1. The summed E-state index contributed by atoms with van der Waals surface area (Å²) < 4.78 is 25.7. The highest BCUT2D eigenvalue weighted by Crippen LogP contribution is 2.43. The zero-order valence-electron chi connectivity index (χ0n) is 26.2. The maximum atomic E-state index is 12.1. The van der Waals surface area contributed by atoms with Crippen LogP contribution < -0.4 is 5.32 Å². The average Bonchev–Trinajstić information content (AvgIpc) is 2.97. The molecule has 0 aromatic carbocycles. The molecular formula is C32H52NO10P. The molecule has 4 N–H and O–H groups in total. The number of aliphatic hydroxyl groups is 1. The first-order valence-electron chi connectivity index (χ1n) is 15.3. The Morgan fingerprint density at radius 3 is 1.80 bits per heavy atom. The van der Waals surface area contributed by atoms with E-state index in [4.69, 9.17) is 0 Å². The van der Waals surface area contributed by atoms with Crippen LogP contribution in [0.15, 0.2) is 60.8 Å². The zero-order chi connectivity index (χ0) is 32.9. The van der Waals surface area contributed by atoms with E-state index >= 15 is 0 Å². The number of hydrogen-bond donors (Lipinski definition) is 4. The molecule has 11 nitrogen and oxygen atoms in total. The van der Waals surface area contributed by atoms with Gasteiger partial charge in [0.1, 0.15) is 12.7 Å². The highest BCUT2D eigenvalue weighted by Gasteiger charge is 2.28. The number of phosphoric acid groups is 1. The predicted molar refractivity (Wildman–Crippen MR) is 171 cm³/mol. The lowest BCUT2D eigenvalue weighted by molar-refractivity contribution is -0.144. The maximum absolute atomic E-state index is 12.1. The van der Waals surface area contributed by atoms with E-state index in [1.54, 1.807) is 0 Å². The Hall–Kier alpha value is -2.82. The van der Waals surface area contributed by atoms with E-state index < -0.39 is 57.6 Å². The van der Waals surface area contributed by atoms with Crippen LogP contribution in [0.5, 0.6) is 0 Å². The van der Waals surface area contributed by atoms with Gasteiger partial charge in [0.25, 0.3) is 0 Å². The Kier molecular flexibility index (Phi) is 25.9. The SMILES string of the molecule is CC/C=C\C/C=C\C/C=C\C/C=C\C/C=C\CCCCCCCC(=O)NC(COP(=O)(O)OCC(O)COC(C)=O)C(=O)O. The van der Waals surface area contributed by atoms with Gasteiger partial charge in [0.05, 0.1) is 13.2 Å². The van der Waals surface area contributed by atoms with Crippen molar-refractivity contribution in [1.82, 2.24) is 5.32 Å². The number of carbonyl (C=O) groups is 3. The average molecular weight is 642 g/mol. The number of carbonyl (C=O) groups excluding carboxylic acids is 2. The van der Waals surface area contributed by atoms with Crippen LogP contribution in [0.25, 0.3) is 0 Å². The van der Waals surface area contributed by atoms with Crippen LogP contribution >= 0.6 is 7.82 Å². The Morgan fingerprint density at radius 2 is 1.25 bits per heavy atom. The summed E-state index contributed by atoms with van der Waals surface area (Å²) in [5.41, 5.74) is 0. The molecule has 3 atom stereocenters. The van der Waals surface area contributed by atoms with Crippen LogP contribution in [-0.2, 0) is 32.7 Å². The van der Waals surface area contributed by atoms with Crippen molar-refractivity contribution in [3.8, 4) is 0 Å². The van der Waals surface area contributed by atoms with Gasteiger partial charge < -0.3 is 25.2 Å². The number of carboxylic acids is 1. The molecule has 0 bridgehead atoms. The molecule has 0 aromatic rings. The molecule has 1 amide bonds. The molecule has 44 heavy (non-hydrogen) atoms. The number of aliphatic hydroxyl groups excluding tert-OH is 1. The molecule has 0 aliphatic carbocycles. The maximum Gasteiger partial charge on any atom is 0.472 e. The topological polar surface area (TPSA) is 169 Å². The van der Waals surface area contributed by atoms with E-state index in [1.807, 2.05) is 0 Å². The number of aliphatic carboxylic acids is 1. The molecule has 3 unspecified atom stereocenters. The number of rotatable bonds is 27. The van der Waals surface area contributed by atoms with Gasteiger partial charge in [-0.2, -0.15) is 0 Å². The molecule has 0 aliphatic heterocycles. The van der Waals surface area contributed by atoms with E-state index in [1.165, 1.54) is 0 Å². The van der Waals surface area contributed by atoms with Crippen molar-refractivity contribution in [2.24, 2.45) is 0 Å². The summed E-state index contributed by atoms with van der Waals surface area (Å²) in [7, 11) is -4.72. The van der Waals surface area contributed by atoms with Gasteiger partial charge in [-0.15, -0.1) is 0 Å². The van der Waals surface area contributed by atoms with Crippen molar-refractivity contribution in [3.63, 3.8) is 0 Å². The van der Waals surface area contributed by atoms with Crippen molar-refractivity contribution in [2.45, 2.75) is 103 Å². The molecule has 0 spiro atoms. The monoisotopic (exact) mass is 641 g/mol. The van der Waals surface area contributed by atoms with Crippen molar-refractivity contribution in [1.29, 1.82) is 0 Å². The van der Waals surface area contributed by atoms with Crippen molar-refractivity contribution < 1.29 is 47.8 Å². The summed E-state index contributed by atoms with van der Waals surface area (Å²) in [6.07, 6.45) is 30.8. The highest BCUT2D eigenvalue weighted by molar-refractivity contribution is 7.47. The third-order valence-electron chi connectivity index (χ3n) is 5.88. The zero-order valence-corrected chi connectivity index (χ0v) is 27.1. The largest absolute Gasteiger partial charge is 0.480 e. The second-order valence-electron chi connectivity index (χ2n) is 9.99. The first kappa shape index (κ1) is 41.2. The molecule has 12 heteroatoms. The summed E-state index contributed by atoms with van der Waals surface area (Å²) in [4.78, 5) is 43.9. The van der Waals surface area contributed by atoms with Crippen molar-refractivity contribution >= 4 is 25.7 Å². The Balaban J connectivity index is 3.93. The van der Waals surface area contributed by atoms with Crippen LogP contribution in [-0.4, -0.2) is 64.9 Å². The van der Waals surface area contributed by atoms with Gasteiger partial charge in [0.15, 0.2) is 6.04 Å². The normalized spacial score (nSPS) is 15.0. The van der Waals surface area contributed by atoms with Crippen LogP contribution in [0.3, 0.4) is 0 Å². The van der Waals surface area contributed by atoms with Gasteiger partial charge in [-0.05, 0) is 51.4 Å². The van der Waals surface area contributed by atoms with Crippen molar-refractivity contribution in [2.75, 3.05) is 19.8 Å². The summed E-state index contributed by atoms with van der Waals surface area (Å²) in [6.45, 7) is 1.31. The van der Waals surface area contributed by atoms with Crippen LogP contribution in [0.1, 0.15) is 90.9 Å². The summed E-state index contributed by atoms with van der Waals surface area (Å²) in [5.74, 6) is -2.60. The fourth-order valence-electron chi connectivity index (χ4n) is 3.54. The standard InChI is InChI=1S/C32H52NO10P/c1-3-4-5-6-7-8-9-10-11-12-13-14-15-16-17-18-19-20-21-22-23-24-31(36)33-30(32(37)38)27-43-44(39,40)42-26-29(35)25-41-28(2)34/h4-5,7-8,10-11,13-14,16-17,29-30,35H,3,6,9,12,15,18-27H2,1-2H3,(H,33,36)(H,37,38)(H,39,40)/b5-4-,8-7-,11-10-,14-13-,17-16-. The van der Waals surface area contributed by atoms with E-state index in [9.17, 15) is 34.1 Å². The minimum atomic E-state index is -4.72. The molecule has 0 aromatic heterocycles. The quantitative estimate of drug-likeness (QED) is 0.0356. The van der Waals surface area contributed by atoms with E-state index in [0.717, 1.165) is 71.1 Å². The van der Waals surface area contributed by atoms with Gasteiger partial charge in [-0.1, -0.05) is 86.9 Å². The van der Waals surface area contributed by atoms with Gasteiger partial charge >= 0.3 is 19.8 Å². The third-order valence-corrected chi connectivity index (χ3v) is 6.83. The fraction of sp³-hybridized carbons (Fsp3) is 0.594. The van der Waals surface area contributed by atoms with E-state index in [0.29, 0.717) is 6.42 Å². The number of ether oxygens (including phenoxy) is 1. The molecule has 0 saturated carbocycles. The lowest BCUT2D eigenvalue weighted by atomic mass is 10.1. The summed E-state index contributed by atoms with van der Waals surface area (Å²) in [6, 6.07) is -1.55. The Morgan fingerprint density at radius 1 is 0.750 bits per heavy atom. The number of phosphoric ester groups is 1. The molecule has 0 aliphatic rings. The number of unbranched alkanes of at least 4 members (excludes halogenated alkanes) is 5. The van der Waals surface area contributed by atoms with Crippen LogP contribution in [0.2, 0.25) is 0 Å². The van der Waals surface area contributed by atoms with E-state index in [-0.39, 0.29) is 6.42 Å². The number of hydrogen-bond acceptors (Lipinski definition) is 8. The lowest BCUT2D eigenvalue weighted by Crippen LogP contribution is -2.43. The van der Waals surface area contributed by atoms with Gasteiger partial charge in [-0.25, -0.2) is 9.36 Å². The molecule has 0 rings (SSSR count). The second kappa shape index (κ2) is 27.7. The number of allylic oxidation sites excluding steroid dienone is 10. The lowest BCUT2D eigenvalue weighted by Gasteiger charge is -2.18. The van der Waals surface area contributed by atoms with Crippen LogP contribution in [0, 0.1) is 0 Å². The summed E-state index contributed by atoms with van der Waals surface area (Å²) in [5, 5.41) is 21.1. The molecule has 0 radical (unpaired) electrons. The highest BCUT2D eigenvalue weighted by atomic mass is 31.2. The first-order valence-corrected chi connectivity index (χ1v) is 16.8. The third kappa shape index (κ3) is 28.0. The smallest absolute Gasteiger partial charge is 0.472 e. The van der Waals surface area contributed by atoms with Gasteiger partial charge in [0, 0.05) is 13.3 Å².